The van der Waals surface area contributed by atoms with Crippen LogP contribution in [-0.4, -0.2) is 35.3 Å². The first-order valence-corrected chi connectivity index (χ1v) is 8.48. The third kappa shape index (κ3) is 4.53. The Bertz CT molecular complexity index is 379. The lowest BCUT2D eigenvalue weighted by Gasteiger charge is -2.25. The molecule has 2 amide bonds. The molecule has 2 rings (SSSR count). The van der Waals surface area contributed by atoms with Gasteiger partial charge in [0, 0.05) is 6.04 Å². The Kier molecular flexibility index (Phi) is 5.42. The van der Waals surface area contributed by atoms with Crippen molar-refractivity contribution >= 4 is 11.8 Å². The van der Waals surface area contributed by atoms with Crippen LogP contribution in [0.4, 0.5) is 0 Å². The Labute approximate surface area is 128 Å². The second kappa shape index (κ2) is 6.91. The average molecular weight is 294 g/mol. The number of imide groups is 1. The molecule has 1 saturated heterocycles. The summed E-state index contributed by atoms with van der Waals surface area (Å²) in [6, 6.07) is -0.134. The van der Waals surface area contributed by atoms with E-state index in [9.17, 15) is 9.59 Å². The number of nitrogens with one attached hydrogen (secondary N) is 1. The molecule has 0 aromatic rings. The number of nitrogens with zero attached hydrogens (tertiary/aromatic N) is 1. The molecule has 21 heavy (non-hydrogen) atoms. The van der Waals surface area contributed by atoms with E-state index < -0.39 is 0 Å². The number of carbonyl (C=O) groups is 2. The van der Waals surface area contributed by atoms with Gasteiger partial charge in [0.25, 0.3) is 0 Å². The molecule has 0 aromatic carbocycles. The Morgan fingerprint density at radius 2 is 1.71 bits per heavy atom. The smallest absolute Gasteiger partial charge is 0.247 e. The van der Waals surface area contributed by atoms with Crippen LogP contribution in [0.3, 0.4) is 0 Å². The first-order valence-electron chi connectivity index (χ1n) is 8.48. The molecule has 4 heteroatoms. The molecule has 1 aliphatic heterocycles. The monoisotopic (exact) mass is 294 g/mol. The van der Waals surface area contributed by atoms with Crippen LogP contribution in [0, 0.1) is 5.41 Å². The van der Waals surface area contributed by atoms with Crippen molar-refractivity contribution in [3.05, 3.63) is 0 Å². The van der Waals surface area contributed by atoms with Gasteiger partial charge in [-0.05, 0) is 31.2 Å². The minimum Gasteiger partial charge on any atom is -0.305 e. The minimum absolute atomic E-state index is 0.0146. The van der Waals surface area contributed by atoms with Gasteiger partial charge in [-0.2, -0.15) is 0 Å². The summed E-state index contributed by atoms with van der Waals surface area (Å²) in [6.07, 6.45) is 8.10. The fourth-order valence-corrected chi connectivity index (χ4v) is 3.33. The van der Waals surface area contributed by atoms with Gasteiger partial charge in [0.05, 0.1) is 12.5 Å². The summed E-state index contributed by atoms with van der Waals surface area (Å²) in [6.45, 7) is 7.36. The van der Waals surface area contributed by atoms with Crippen molar-refractivity contribution in [1.82, 2.24) is 10.2 Å². The van der Waals surface area contributed by atoms with Gasteiger partial charge in [-0.25, -0.2) is 0 Å². The van der Waals surface area contributed by atoms with E-state index in [0.29, 0.717) is 6.42 Å². The normalized spacial score (nSPS) is 25.5. The second-order valence-electron chi connectivity index (χ2n) is 7.77. The summed E-state index contributed by atoms with van der Waals surface area (Å²) >= 11 is 0. The van der Waals surface area contributed by atoms with Crippen LogP contribution in [0.1, 0.15) is 72.1 Å². The fourth-order valence-electron chi connectivity index (χ4n) is 3.33. The number of amides is 2. The Balaban J connectivity index is 1.90. The molecule has 1 unspecified atom stereocenters. The molecule has 1 saturated carbocycles. The SMILES string of the molecule is CC(C)(C)CCNC1CC(=O)N(C2CCCCCC2)C1=O. The topological polar surface area (TPSA) is 49.4 Å². The fraction of sp³-hybridized carbons (Fsp3) is 0.882. The largest absolute Gasteiger partial charge is 0.305 e. The van der Waals surface area contributed by atoms with Gasteiger partial charge in [0.1, 0.15) is 0 Å². The van der Waals surface area contributed by atoms with Crippen molar-refractivity contribution in [3.8, 4) is 0 Å². The third-order valence-corrected chi connectivity index (χ3v) is 4.64. The van der Waals surface area contributed by atoms with Crippen LogP contribution in [0.2, 0.25) is 0 Å². The molecule has 1 N–H and O–H groups in total. The Morgan fingerprint density at radius 3 is 2.29 bits per heavy atom. The highest BCUT2D eigenvalue weighted by atomic mass is 16.2. The van der Waals surface area contributed by atoms with E-state index in [1.165, 1.54) is 12.8 Å². The predicted octanol–water partition coefficient (Wildman–Crippen LogP) is 2.86. The molecule has 0 aromatic heterocycles. The van der Waals surface area contributed by atoms with E-state index in [0.717, 1.165) is 38.6 Å². The highest BCUT2D eigenvalue weighted by Gasteiger charge is 2.41. The molecule has 0 spiro atoms. The van der Waals surface area contributed by atoms with Gasteiger partial charge < -0.3 is 5.32 Å². The van der Waals surface area contributed by atoms with Crippen LogP contribution < -0.4 is 5.32 Å². The van der Waals surface area contributed by atoms with Crippen LogP contribution in [0.25, 0.3) is 0 Å². The molecule has 2 fully saturated rings. The Morgan fingerprint density at radius 1 is 1.10 bits per heavy atom. The maximum absolute atomic E-state index is 12.5. The average Bonchev–Trinajstić information content (AvgIpc) is 2.59. The van der Waals surface area contributed by atoms with Crippen molar-refractivity contribution in [2.24, 2.45) is 5.41 Å². The number of hydrogen-bond acceptors (Lipinski definition) is 3. The zero-order chi connectivity index (χ0) is 15.5. The zero-order valence-electron chi connectivity index (χ0n) is 13.8. The summed E-state index contributed by atoms with van der Waals surface area (Å²) in [5, 5.41) is 3.29. The molecule has 1 heterocycles. The second-order valence-corrected chi connectivity index (χ2v) is 7.77. The lowest BCUT2D eigenvalue weighted by Crippen LogP contribution is -2.44. The summed E-state index contributed by atoms with van der Waals surface area (Å²) in [7, 11) is 0. The van der Waals surface area contributed by atoms with Gasteiger partial charge in [-0.3, -0.25) is 14.5 Å². The third-order valence-electron chi connectivity index (χ3n) is 4.64. The van der Waals surface area contributed by atoms with Gasteiger partial charge in [0.15, 0.2) is 0 Å². The number of likely N-dealkylation sites (tertiary alicyclic amines) is 1. The van der Waals surface area contributed by atoms with Crippen LogP contribution in [-0.2, 0) is 9.59 Å². The summed E-state index contributed by atoms with van der Waals surface area (Å²) in [5.74, 6) is 0.0426. The highest BCUT2D eigenvalue weighted by molar-refractivity contribution is 6.05. The number of hydrogen-bond donors (Lipinski definition) is 1. The van der Waals surface area contributed by atoms with E-state index in [1.54, 1.807) is 4.90 Å². The molecular weight excluding hydrogens is 264 g/mol. The minimum atomic E-state index is -0.289. The predicted molar refractivity (Wildman–Crippen MR) is 83.8 cm³/mol. The van der Waals surface area contributed by atoms with Gasteiger partial charge in [0.2, 0.25) is 11.8 Å². The number of rotatable bonds is 4. The van der Waals surface area contributed by atoms with Gasteiger partial charge in [-0.1, -0.05) is 46.5 Å². The van der Waals surface area contributed by atoms with Crippen LogP contribution in [0.5, 0.6) is 0 Å². The molecule has 1 aliphatic carbocycles. The molecular formula is C17H30N2O2. The maximum atomic E-state index is 12.5. The standard InChI is InChI=1S/C17H30N2O2/c1-17(2,3)10-11-18-14-12-15(20)19(16(14)21)13-8-6-4-5-7-9-13/h13-14,18H,4-12H2,1-3H3. The van der Waals surface area contributed by atoms with Crippen molar-refractivity contribution in [2.75, 3.05) is 6.54 Å². The summed E-state index contributed by atoms with van der Waals surface area (Å²) in [4.78, 5) is 26.3. The lowest BCUT2D eigenvalue weighted by molar-refractivity contribution is -0.141. The summed E-state index contributed by atoms with van der Waals surface area (Å²) in [5.41, 5.74) is 0.250. The summed E-state index contributed by atoms with van der Waals surface area (Å²) < 4.78 is 0. The van der Waals surface area contributed by atoms with E-state index in [1.807, 2.05) is 0 Å². The van der Waals surface area contributed by atoms with E-state index in [-0.39, 0.29) is 29.3 Å². The number of carbonyl (C=O) groups excluding carboxylic acids is 2. The maximum Gasteiger partial charge on any atom is 0.247 e. The van der Waals surface area contributed by atoms with Crippen LogP contribution >= 0.6 is 0 Å². The highest BCUT2D eigenvalue weighted by Crippen LogP contribution is 2.27. The van der Waals surface area contributed by atoms with Gasteiger partial charge in [-0.15, -0.1) is 0 Å². The van der Waals surface area contributed by atoms with Crippen LogP contribution in [0.15, 0.2) is 0 Å². The first kappa shape index (κ1) is 16.5. The Hall–Kier alpha value is -0.900. The molecule has 0 radical (unpaired) electrons. The first-order chi connectivity index (χ1) is 9.88. The zero-order valence-corrected chi connectivity index (χ0v) is 13.8. The van der Waals surface area contributed by atoms with E-state index >= 15 is 0 Å². The lowest BCUT2D eigenvalue weighted by atomic mass is 9.92. The van der Waals surface area contributed by atoms with Crippen molar-refractivity contribution in [2.45, 2.75) is 84.2 Å². The van der Waals surface area contributed by atoms with Crippen molar-refractivity contribution < 1.29 is 9.59 Å². The quantitative estimate of drug-likeness (QED) is 0.641. The van der Waals surface area contributed by atoms with Crippen molar-refractivity contribution in [1.29, 1.82) is 0 Å². The molecule has 0 bridgehead atoms. The van der Waals surface area contributed by atoms with Crippen molar-refractivity contribution in [3.63, 3.8) is 0 Å². The van der Waals surface area contributed by atoms with E-state index in [4.69, 9.17) is 0 Å². The molecule has 4 nitrogen and oxygen atoms in total. The molecule has 120 valence electrons. The molecule has 2 aliphatic rings. The van der Waals surface area contributed by atoms with Gasteiger partial charge >= 0.3 is 0 Å². The van der Waals surface area contributed by atoms with E-state index in [2.05, 4.69) is 26.1 Å². The molecule has 1 atom stereocenters.